The Bertz CT molecular complexity index is 160. The zero-order chi connectivity index (χ0) is 8.97. The summed E-state index contributed by atoms with van der Waals surface area (Å²) in [5.74, 6) is 0. The summed E-state index contributed by atoms with van der Waals surface area (Å²) >= 11 is 0. The molecular formula is C8H17N3O. The molecule has 0 radical (unpaired) electrons. The highest BCUT2D eigenvalue weighted by Gasteiger charge is 2.19. The van der Waals surface area contributed by atoms with Gasteiger partial charge in [0.1, 0.15) is 0 Å². The first-order valence-corrected chi connectivity index (χ1v) is 4.52. The van der Waals surface area contributed by atoms with Gasteiger partial charge >= 0.3 is 6.03 Å². The van der Waals surface area contributed by atoms with Crippen LogP contribution in [0.5, 0.6) is 0 Å². The van der Waals surface area contributed by atoms with E-state index in [0.29, 0.717) is 13.1 Å². The molecule has 0 saturated carbocycles. The first kappa shape index (κ1) is 9.32. The van der Waals surface area contributed by atoms with Gasteiger partial charge < -0.3 is 16.0 Å². The number of likely N-dealkylation sites (tertiary alicyclic amines) is 1. The highest BCUT2D eigenvalue weighted by Crippen LogP contribution is 2.07. The van der Waals surface area contributed by atoms with Crippen LogP contribution < -0.4 is 11.1 Å². The van der Waals surface area contributed by atoms with Crippen LogP contribution in [0.25, 0.3) is 0 Å². The maximum Gasteiger partial charge on any atom is 0.317 e. The van der Waals surface area contributed by atoms with Crippen molar-refractivity contribution in [2.45, 2.75) is 25.8 Å². The van der Waals surface area contributed by atoms with Crippen molar-refractivity contribution in [1.29, 1.82) is 0 Å². The first-order chi connectivity index (χ1) is 5.74. The Morgan fingerprint density at radius 1 is 1.75 bits per heavy atom. The van der Waals surface area contributed by atoms with Crippen LogP contribution in [-0.4, -0.2) is 36.6 Å². The summed E-state index contributed by atoms with van der Waals surface area (Å²) in [6.07, 6.45) is 2.06. The van der Waals surface area contributed by atoms with Gasteiger partial charge in [0, 0.05) is 25.7 Å². The topological polar surface area (TPSA) is 58.4 Å². The fourth-order valence-electron chi connectivity index (χ4n) is 1.46. The average molecular weight is 171 g/mol. The van der Waals surface area contributed by atoms with Crippen LogP contribution in [0.2, 0.25) is 0 Å². The van der Waals surface area contributed by atoms with Crippen molar-refractivity contribution in [3.8, 4) is 0 Å². The van der Waals surface area contributed by atoms with Crippen LogP contribution in [0.1, 0.15) is 19.8 Å². The van der Waals surface area contributed by atoms with Crippen molar-refractivity contribution in [2.75, 3.05) is 19.6 Å². The first-order valence-electron chi connectivity index (χ1n) is 4.52. The second-order valence-corrected chi connectivity index (χ2v) is 3.18. The van der Waals surface area contributed by atoms with Crippen molar-refractivity contribution in [2.24, 2.45) is 5.73 Å². The SMILES string of the molecule is CCNC(=O)N1CCC[C@@H](N)C1. The highest BCUT2D eigenvalue weighted by atomic mass is 16.2. The van der Waals surface area contributed by atoms with E-state index in [4.69, 9.17) is 5.73 Å². The fourth-order valence-corrected chi connectivity index (χ4v) is 1.46. The van der Waals surface area contributed by atoms with Crippen molar-refractivity contribution in [3.05, 3.63) is 0 Å². The van der Waals surface area contributed by atoms with Crippen LogP contribution >= 0.6 is 0 Å². The van der Waals surface area contributed by atoms with E-state index in [2.05, 4.69) is 5.32 Å². The molecular weight excluding hydrogens is 154 g/mol. The van der Waals surface area contributed by atoms with Gasteiger partial charge in [-0.15, -0.1) is 0 Å². The van der Waals surface area contributed by atoms with Crippen molar-refractivity contribution < 1.29 is 4.79 Å². The number of carbonyl (C=O) groups excluding carboxylic acids is 1. The van der Waals surface area contributed by atoms with Gasteiger partial charge in [0.05, 0.1) is 0 Å². The zero-order valence-electron chi connectivity index (χ0n) is 7.55. The lowest BCUT2D eigenvalue weighted by atomic mass is 10.1. The maximum absolute atomic E-state index is 11.3. The number of hydrogen-bond acceptors (Lipinski definition) is 2. The molecule has 0 aromatic heterocycles. The fraction of sp³-hybridized carbons (Fsp3) is 0.875. The summed E-state index contributed by atoms with van der Waals surface area (Å²) in [7, 11) is 0. The molecule has 4 heteroatoms. The quantitative estimate of drug-likeness (QED) is 0.589. The predicted molar refractivity (Wildman–Crippen MR) is 47.9 cm³/mol. The zero-order valence-corrected chi connectivity index (χ0v) is 7.55. The highest BCUT2D eigenvalue weighted by molar-refractivity contribution is 5.74. The van der Waals surface area contributed by atoms with Gasteiger partial charge in [-0.05, 0) is 19.8 Å². The van der Waals surface area contributed by atoms with E-state index in [1.807, 2.05) is 6.92 Å². The molecule has 0 unspecified atom stereocenters. The average Bonchev–Trinajstić information content (AvgIpc) is 2.05. The summed E-state index contributed by atoms with van der Waals surface area (Å²) in [5, 5.41) is 2.77. The van der Waals surface area contributed by atoms with Crippen molar-refractivity contribution >= 4 is 6.03 Å². The summed E-state index contributed by atoms with van der Waals surface area (Å²) in [6.45, 7) is 4.15. The second-order valence-electron chi connectivity index (χ2n) is 3.18. The van der Waals surface area contributed by atoms with E-state index in [9.17, 15) is 4.79 Å². The molecule has 0 bridgehead atoms. The van der Waals surface area contributed by atoms with E-state index >= 15 is 0 Å². The normalized spacial score (nSPS) is 23.8. The number of piperidine rings is 1. The maximum atomic E-state index is 11.3. The molecule has 1 heterocycles. The van der Waals surface area contributed by atoms with Crippen molar-refractivity contribution in [1.82, 2.24) is 10.2 Å². The van der Waals surface area contributed by atoms with Gasteiger partial charge in [0.15, 0.2) is 0 Å². The Kier molecular flexibility index (Phi) is 3.34. The van der Waals surface area contributed by atoms with E-state index in [-0.39, 0.29) is 12.1 Å². The third kappa shape index (κ3) is 2.37. The minimum Gasteiger partial charge on any atom is -0.338 e. The molecule has 0 aromatic carbocycles. The van der Waals surface area contributed by atoms with Crippen LogP contribution in [0, 0.1) is 0 Å². The lowest BCUT2D eigenvalue weighted by molar-refractivity contribution is 0.180. The number of hydrogen-bond donors (Lipinski definition) is 2. The molecule has 3 N–H and O–H groups in total. The van der Waals surface area contributed by atoms with Crippen molar-refractivity contribution in [3.63, 3.8) is 0 Å². The summed E-state index contributed by atoms with van der Waals surface area (Å²) in [6, 6.07) is 0.189. The molecule has 1 atom stereocenters. The third-order valence-corrected chi connectivity index (χ3v) is 2.07. The Hall–Kier alpha value is -0.770. The molecule has 1 fully saturated rings. The monoisotopic (exact) mass is 171 g/mol. The van der Waals surface area contributed by atoms with E-state index in [1.54, 1.807) is 4.90 Å². The smallest absolute Gasteiger partial charge is 0.317 e. The van der Waals surface area contributed by atoms with Gasteiger partial charge in [-0.3, -0.25) is 0 Å². The third-order valence-electron chi connectivity index (χ3n) is 2.07. The van der Waals surface area contributed by atoms with Gasteiger partial charge in [0.2, 0.25) is 0 Å². The molecule has 1 rings (SSSR count). The summed E-state index contributed by atoms with van der Waals surface area (Å²) < 4.78 is 0. The molecule has 0 aliphatic carbocycles. The number of urea groups is 1. The number of nitrogens with zero attached hydrogens (tertiary/aromatic N) is 1. The Labute approximate surface area is 73.1 Å². The van der Waals surface area contributed by atoms with Crippen LogP contribution in [0.4, 0.5) is 4.79 Å². The minimum atomic E-state index is 0.0210. The number of rotatable bonds is 1. The largest absolute Gasteiger partial charge is 0.338 e. The molecule has 4 nitrogen and oxygen atoms in total. The minimum absolute atomic E-state index is 0.0210. The molecule has 0 aromatic rings. The lowest BCUT2D eigenvalue weighted by Crippen LogP contribution is -2.49. The molecule has 1 saturated heterocycles. The molecule has 0 spiro atoms. The Balaban J connectivity index is 2.35. The summed E-state index contributed by atoms with van der Waals surface area (Å²) in [4.78, 5) is 13.1. The van der Waals surface area contributed by atoms with E-state index in [1.165, 1.54) is 0 Å². The Morgan fingerprint density at radius 3 is 3.08 bits per heavy atom. The standard InChI is InChI=1S/C8H17N3O/c1-2-10-8(12)11-5-3-4-7(9)6-11/h7H,2-6,9H2,1H3,(H,10,12)/t7-/m1/s1. The van der Waals surface area contributed by atoms with Crippen LogP contribution in [-0.2, 0) is 0 Å². The second kappa shape index (κ2) is 4.30. The van der Waals surface area contributed by atoms with Gasteiger partial charge in [-0.25, -0.2) is 4.79 Å². The van der Waals surface area contributed by atoms with Gasteiger partial charge in [-0.1, -0.05) is 0 Å². The van der Waals surface area contributed by atoms with Gasteiger partial charge in [0.25, 0.3) is 0 Å². The van der Waals surface area contributed by atoms with Gasteiger partial charge in [-0.2, -0.15) is 0 Å². The van der Waals surface area contributed by atoms with Crippen LogP contribution in [0.3, 0.4) is 0 Å². The molecule has 12 heavy (non-hydrogen) atoms. The Morgan fingerprint density at radius 2 is 2.50 bits per heavy atom. The molecule has 1 aliphatic heterocycles. The summed E-state index contributed by atoms with van der Waals surface area (Å²) in [5.41, 5.74) is 5.74. The molecule has 1 aliphatic rings. The number of carbonyl (C=O) groups is 1. The number of nitrogens with one attached hydrogen (secondary N) is 1. The van der Waals surface area contributed by atoms with Crippen LogP contribution in [0.15, 0.2) is 0 Å². The van der Waals surface area contributed by atoms with E-state index in [0.717, 1.165) is 19.4 Å². The molecule has 2 amide bonds. The predicted octanol–water partition coefficient (Wildman–Crippen LogP) is 0.139. The number of nitrogens with two attached hydrogens (primary N) is 1. The van der Waals surface area contributed by atoms with E-state index < -0.39 is 0 Å². The lowest BCUT2D eigenvalue weighted by Gasteiger charge is -2.30. The number of amides is 2. The molecule has 70 valence electrons.